The van der Waals surface area contributed by atoms with Crippen LogP contribution >= 0.6 is 0 Å². The average Bonchev–Trinajstić information content (AvgIpc) is 2.17. The Hall–Kier alpha value is -0.820. The molecule has 0 saturated heterocycles. The van der Waals surface area contributed by atoms with Gasteiger partial charge in [0.1, 0.15) is 0 Å². The monoisotopic (exact) mass is 205 g/mol. The van der Waals surface area contributed by atoms with Crippen molar-refractivity contribution in [3.8, 4) is 0 Å². The van der Waals surface area contributed by atoms with E-state index in [0.29, 0.717) is 6.04 Å². The first-order chi connectivity index (χ1) is 7.09. The van der Waals surface area contributed by atoms with Crippen molar-refractivity contribution in [1.29, 1.82) is 0 Å². The van der Waals surface area contributed by atoms with Gasteiger partial charge >= 0.3 is 0 Å². The lowest BCUT2D eigenvalue weighted by molar-refractivity contribution is 0.253. The van der Waals surface area contributed by atoms with E-state index in [0.717, 1.165) is 12.3 Å². The van der Waals surface area contributed by atoms with Gasteiger partial charge in [0, 0.05) is 6.04 Å². The molecule has 0 aromatic heterocycles. The van der Waals surface area contributed by atoms with Crippen LogP contribution in [-0.4, -0.2) is 25.0 Å². The number of hydrogen-bond donors (Lipinski definition) is 0. The lowest BCUT2D eigenvalue weighted by Gasteiger charge is -2.26. The van der Waals surface area contributed by atoms with E-state index in [4.69, 9.17) is 0 Å². The molecule has 0 amide bonds. The number of likely N-dealkylation sites (N-methyl/N-ethyl adjacent to an activating group) is 1. The standard InChI is InChI=1S/C14H23N/c1-12(2)10-14(15(3)4)11-13-8-6-5-7-9-13/h5-9,12,14H,10-11H2,1-4H3/t14-/m1/s1. The van der Waals surface area contributed by atoms with Crippen LogP contribution in [-0.2, 0) is 6.42 Å². The largest absolute Gasteiger partial charge is 0.306 e. The van der Waals surface area contributed by atoms with Gasteiger partial charge in [0.2, 0.25) is 0 Å². The summed E-state index contributed by atoms with van der Waals surface area (Å²) in [5.74, 6) is 0.765. The zero-order chi connectivity index (χ0) is 11.3. The Bertz CT molecular complexity index is 264. The fourth-order valence-electron chi connectivity index (χ4n) is 1.91. The van der Waals surface area contributed by atoms with Gasteiger partial charge in [0.25, 0.3) is 0 Å². The Kier molecular flexibility index (Phi) is 4.83. The minimum atomic E-state index is 0.660. The number of benzene rings is 1. The number of nitrogens with zero attached hydrogens (tertiary/aromatic N) is 1. The van der Waals surface area contributed by atoms with Crippen molar-refractivity contribution >= 4 is 0 Å². The zero-order valence-electron chi connectivity index (χ0n) is 10.4. The van der Waals surface area contributed by atoms with Gasteiger partial charge < -0.3 is 4.90 Å². The summed E-state index contributed by atoms with van der Waals surface area (Å²) in [5, 5.41) is 0. The normalized spacial score (nSPS) is 13.5. The molecule has 0 heterocycles. The van der Waals surface area contributed by atoms with E-state index in [1.165, 1.54) is 12.0 Å². The molecule has 0 unspecified atom stereocenters. The average molecular weight is 205 g/mol. The minimum absolute atomic E-state index is 0.660. The Labute approximate surface area is 94.1 Å². The number of hydrogen-bond acceptors (Lipinski definition) is 1. The second kappa shape index (κ2) is 5.92. The highest BCUT2D eigenvalue weighted by atomic mass is 15.1. The Morgan fingerprint density at radius 3 is 2.13 bits per heavy atom. The number of rotatable bonds is 5. The molecule has 1 aromatic carbocycles. The summed E-state index contributed by atoms with van der Waals surface area (Å²) in [5.41, 5.74) is 1.44. The van der Waals surface area contributed by atoms with Crippen LogP contribution in [0.4, 0.5) is 0 Å². The van der Waals surface area contributed by atoms with Crippen molar-refractivity contribution in [3.05, 3.63) is 35.9 Å². The van der Waals surface area contributed by atoms with Gasteiger partial charge in [-0.15, -0.1) is 0 Å². The van der Waals surface area contributed by atoms with Crippen molar-refractivity contribution in [2.24, 2.45) is 5.92 Å². The van der Waals surface area contributed by atoms with E-state index in [9.17, 15) is 0 Å². The highest BCUT2D eigenvalue weighted by Gasteiger charge is 2.13. The fraction of sp³-hybridized carbons (Fsp3) is 0.571. The van der Waals surface area contributed by atoms with Crippen molar-refractivity contribution < 1.29 is 0 Å². The van der Waals surface area contributed by atoms with Crippen LogP contribution in [0.3, 0.4) is 0 Å². The Morgan fingerprint density at radius 2 is 1.67 bits per heavy atom. The molecule has 1 rings (SSSR count). The van der Waals surface area contributed by atoms with Gasteiger partial charge in [-0.2, -0.15) is 0 Å². The highest BCUT2D eigenvalue weighted by molar-refractivity contribution is 5.15. The van der Waals surface area contributed by atoms with E-state index in [2.05, 4.69) is 63.2 Å². The Morgan fingerprint density at radius 1 is 1.07 bits per heavy atom. The van der Waals surface area contributed by atoms with E-state index in [1.54, 1.807) is 0 Å². The van der Waals surface area contributed by atoms with Crippen LogP contribution < -0.4 is 0 Å². The molecule has 0 aliphatic rings. The molecule has 1 nitrogen and oxygen atoms in total. The molecule has 0 spiro atoms. The first-order valence-corrected chi connectivity index (χ1v) is 5.80. The lowest BCUT2D eigenvalue weighted by atomic mass is 9.96. The van der Waals surface area contributed by atoms with E-state index < -0.39 is 0 Å². The maximum Gasteiger partial charge on any atom is 0.0132 e. The topological polar surface area (TPSA) is 3.24 Å². The van der Waals surface area contributed by atoms with Crippen LogP contribution in [0.2, 0.25) is 0 Å². The summed E-state index contributed by atoms with van der Waals surface area (Å²) in [6.45, 7) is 4.59. The van der Waals surface area contributed by atoms with Gasteiger partial charge in [-0.3, -0.25) is 0 Å². The maximum atomic E-state index is 2.34. The summed E-state index contributed by atoms with van der Waals surface area (Å²) in [7, 11) is 4.35. The molecule has 0 aliphatic carbocycles. The first-order valence-electron chi connectivity index (χ1n) is 5.80. The molecule has 0 bridgehead atoms. The van der Waals surface area contributed by atoms with Crippen LogP contribution in [0.5, 0.6) is 0 Å². The minimum Gasteiger partial charge on any atom is -0.306 e. The zero-order valence-corrected chi connectivity index (χ0v) is 10.4. The quantitative estimate of drug-likeness (QED) is 0.713. The van der Waals surface area contributed by atoms with Crippen molar-refractivity contribution in [1.82, 2.24) is 4.90 Å². The maximum absolute atomic E-state index is 2.34. The molecule has 1 heteroatoms. The highest BCUT2D eigenvalue weighted by Crippen LogP contribution is 2.14. The van der Waals surface area contributed by atoms with Gasteiger partial charge in [-0.25, -0.2) is 0 Å². The first kappa shape index (κ1) is 12.3. The van der Waals surface area contributed by atoms with E-state index >= 15 is 0 Å². The molecule has 1 atom stereocenters. The Balaban J connectivity index is 2.59. The molecular weight excluding hydrogens is 182 g/mol. The molecule has 0 radical (unpaired) electrons. The molecule has 0 N–H and O–H groups in total. The second-order valence-corrected chi connectivity index (χ2v) is 4.94. The molecular formula is C14H23N. The SMILES string of the molecule is CC(C)C[C@H](Cc1ccccc1)N(C)C. The molecule has 15 heavy (non-hydrogen) atoms. The lowest BCUT2D eigenvalue weighted by Crippen LogP contribution is -2.31. The van der Waals surface area contributed by atoms with Crippen molar-refractivity contribution in [2.45, 2.75) is 32.7 Å². The van der Waals surface area contributed by atoms with E-state index in [1.807, 2.05) is 0 Å². The third-order valence-corrected chi connectivity index (χ3v) is 2.79. The van der Waals surface area contributed by atoms with Gasteiger partial charge in [-0.1, -0.05) is 44.2 Å². The summed E-state index contributed by atoms with van der Waals surface area (Å²) >= 11 is 0. The van der Waals surface area contributed by atoms with Gasteiger partial charge in [0.05, 0.1) is 0 Å². The van der Waals surface area contributed by atoms with E-state index in [-0.39, 0.29) is 0 Å². The third-order valence-electron chi connectivity index (χ3n) is 2.79. The molecule has 0 aliphatic heterocycles. The van der Waals surface area contributed by atoms with Crippen LogP contribution in [0, 0.1) is 5.92 Å². The summed E-state index contributed by atoms with van der Waals surface area (Å²) in [6, 6.07) is 11.4. The fourth-order valence-corrected chi connectivity index (χ4v) is 1.91. The predicted molar refractivity (Wildman–Crippen MR) is 67.1 cm³/mol. The summed E-state index contributed by atoms with van der Waals surface area (Å²) in [6.07, 6.45) is 2.42. The molecule has 0 saturated carbocycles. The van der Waals surface area contributed by atoms with Crippen LogP contribution in [0.25, 0.3) is 0 Å². The second-order valence-electron chi connectivity index (χ2n) is 4.94. The summed E-state index contributed by atoms with van der Waals surface area (Å²) in [4.78, 5) is 2.34. The van der Waals surface area contributed by atoms with Crippen molar-refractivity contribution in [2.75, 3.05) is 14.1 Å². The van der Waals surface area contributed by atoms with Crippen LogP contribution in [0.1, 0.15) is 25.8 Å². The smallest absolute Gasteiger partial charge is 0.0132 e. The molecule has 0 fully saturated rings. The molecule has 84 valence electrons. The summed E-state index contributed by atoms with van der Waals surface area (Å²) < 4.78 is 0. The van der Waals surface area contributed by atoms with Gasteiger partial charge in [0.15, 0.2) is 0 Å². The molecule has 1 aromatic rings. The van der Waals surface area contributed by atoms with Crippen LogP contribution in [0.15, 0.2) is 30.3 Å². The third kappa shape index (κ3) is 4.48. The van der Waals surface area contributed by atoms with Gasteiger partial charge in [-0.05, 0) is 38.4 Å². The van der Waals surface area contributed by atoms with Crippen molar-refractivity contribution in [3.63, 3.8) is 0 Å². The predicted octanol–water partition coefficient (Wildman–Crippen LogP) is 3.21.